The third-order valence-corrected chi connectivity index (χ3v) is 5.32. The molecule has 2 amide bonds. The Labute approximate surface area is 174 Å². The lowest BCUT2D eigenvalue weighted by atomic mass is 9.84. The van der Waals surface area contributed by atoms with Crippen LogP contribution in [0.4, 0.5) is 13.6 Å². The van der Waals surface area contributed by atoms with Gasteiger partial charge in [-0.25, -0.2) is 13.6 Å². The van der Waals surface area contributed by atoms with Gasteiger partial charge < -0.3 is 14.5 Å². The maximum atomic E-state index is 14.5. The number of rotatable bonds is 5. The van der Waals surface area contributed by atoms with Gasteiger partial charge in [-0.3, -0.25) is 4.79 Å². The number of nitrogens with zero attached hydrogens (tertiary/aromatic N) is 2. The zero-order chi connectivity index (χ0) is 21.9. The Hall–Kier alpha value is -3.22. The Morgan fingerprint density at radius 2 is 1.83 bits per heavy atom. The summed E-state index contributed by atoms with van der Waals surface area (Å²) in [5.74, 6) is -1.55. The lowest BCUT2D eigenvalue weighted by Gasteiger charge is -2.39. The number of halogens is 2. The van der Waals surface area contributed by atoms with Gasteiger partial charge in [0.15, 0.2) is 0 Å². The first-order chi connectivity index (χ1) is 14.3. The minimum absolute atomic E-state index is 0.0536. The Morgan fingerprint density at radius 3 is 2.47 bits per heavy atom. The summed E-state index contributed by atoms with van der Waals surface area (Å²) in [6.45, 7) is 0.0768. The highest BCUT2D eigenvalue weighted by Crippen LogP contribution is 2.44. The number of esters is 1. The minimum Gasteiger partial charge on any atom is -0.469 e. The summed E-state index contributed by atoms with van der Waals surface area (Å²) in [4.78, 5) is 28.1. The fraction of sp³-hybridized carbons (Fsp3) is 0.304. The van der Waals surface area contributed by atoms with Gasteiger partial charge in [0.2, 0.25) is 0 Å². The van der Waals surface area contributed by atoms with E-state index in [1.165, 1.54) is 12.0 Å². The zero-order valence-electron chi connectivity index (χ0n) is 17.2. The minimum atomic E-state index is -1.01. The van der Waals surface area contributed by atoms with Gasteiger partial charge in [-0.2, -0.15) is 0 Å². The standard InChI is InChI=1S/C23H24F2N2O3/c1-26(2)22(29)27-15-16(19-13-18(24)9-10-20(19)25)14-23(27,12-11-21(28)30-3)17-7-5-4-6-8-17/h4-10,13-14H,11-12,15H2,1-3H3/t23-/m1/s1. The van der Waals surface area contributed by atoms with Crippen LogP contribution >= 0.6 is 0 Å². The van der Waals surface area contributed by atoms with Crippen LogP contribution in [0.5, 0.6) is 0 Å². The molecular formula is C23H24F2N2O3. The van der Waals surface area contributed by atoms with Crippen molar-refractivity contribution in [2.75, 3.05) is 27.7 Å². The molecule has 1 heterocycles. The van der Waals surface area contributed by atoms with Crippen molar-refractivity contribution < 1.29 is 23.1 Å². The van der Waals surface area contributed by atoms with Gasteiger partial charge in [0.05, 0.1) is 12.6 Å². The summed E-state index contributed by atoms with van der Waals surface area (Å²) < 4.78 is 33.2. The van der Waals surface area contributed by atoms with Gasteiger partial charge in [0.25, 0.3) is 0 Å². The average Bonchev–Trinajstić information content (AvgIpc) is 3.14. The predicted octanol–water partition coefficient (Wildman–Crippen LogP) is 4.19. The summed E-state index contributed by atoms with van der Waals surface area (Å²) in [6.07, 6.45) is 2.06. The highest BCUT2D eigenvalue weighted by atomic mass is 19.1. The van der Waals surface area contributed by atoms with Crippen molar-refractivity contribution in [3.8, 4) is 0 Å². The number of hydrogen-bond acceptors (Lipinski definition) is 3. The summed E-state index contributed by atoms with van der Waals surface area (Å²) in [5, 5.41) is 0. The molecule has 7 heteroatoms. The quantitative estimate of drug-likeness (QED) is 0.690. The van der Waals surface area contributed by atoms with Gasteiger partial charge in [-0.05, 0) is 41.8 Å². The zero-order valence-corrected chi connectivity index (χ0v) is 17.2. The highest BCUT2D eigenvalue weighted by Gasteiger charge is 2.45. The molecule has 0 aromatic heterocycles. The summed E-state index contributed by atoms with van der Waals surface area (Å²) in [7, 11) is 4.55. The predicted molar refractivity (Wildman–Crippen MR) is 109 cm³/mol. The Kier molecular flexibility index (Phi) is 6.20. The molecule has 5 nitrogen and oxygen atoms in total. The van der Waals surface area contributed by atoms with Crippen molar-refractivity contribution in [1.82, 2.24) is 9.80 Å². The maximum Gasteiger partial charge on any atom is 0.320 e. The smallest absolute Gasteiger partial charge is 0.320 e. The van der Waals surface area contributed by atoms with Crippen molar-refractivity contribution in [2.24, 2.45) is 0 Å². The summed E-state index contributed by atoms with van der Waals surface area (Å²) >= 11 is 0. The monoisotopic (exact) mass is 414 g/mol. The van der Waals surface area contributed by atoms with Crippen LogP contribution < -0.4 is 0 Å². The van der Waals surface area contributed by atoms with E-state index < -0.39 is 23.1 Å². The van der Waals surface area contributed by atoms with E-state index in [0.29, 0.717) is 5.57 Å². The number of urea groups is 1. The first-order valence-corrected chi connectivity index (χ1v) is 9.57. The molecule has 0 unspecified atom stereocenters. The molecule has 0 radical (unpaired) electrons. The molecule has 0 saturated heterocycles. The van der Waals surface area contributed by atoms with Crippen molar-refractivity contribution >= 4 is 17.6 Å². The molecule has 1 aliphatic heterocycles. The average molecular weight is 414 g/mol. The fourth-order valence-corrected chi connectivity index (χ4v) is 3.82. The normalized spacial score (nSPS) is 18.2. The van der Waals surface area contributed by atoms with E-state index in [0.717, 1.165) is 23.8 Å². The lowest BCUT2D eigenvalue weighted by Crippen LogP contribution is -2.49. The van der Waals surface area contributed by atoms with Crippen LogP contribution in [0.15, 0.2) is 54.6 Å². The number of amides is 2. The van der Waals surface area contributed by atoms with Gasteiger partial charge >= 0.3 is 12.0 Å². The third kappa shape index (κ3) is 4.06. The molecule has 158 valence electrons. The van der Waals surface area contributed by atoms with Crippen LogP contribution in [0.3, 0.4) is 0 Å². The lowest BCUT2D eigenvalue weighted by molar-refractivity contribution is -0.141. The Morgan fingerprint density at radius 1 is 1.13 bits per heavy atom. The Bertz CT molecular complexity index is 976. The summed E-state index contributed by atoms with van der Waals surface area (Å²) in [5.41, 5.74) is 0.347. The molecule has 0 bridgehead atoms. The Balaban J connectivity index is 2.18. The number of benzene rings is 2. The molecule has 0 saturated carbocycles. The topological polar surface area (TPSA) is 49.9 Å². The summed E-state index contributed by atoms with van der Waals surface area (Å²) in [6, 6.07) is 12.2. The molecule has 0 fully saturated rings. The molecule has 0 aliphatic carbocycles. The number of ether oxygens (including phenoxy) is 1. The number of methoxy groups -OCH3 is 1. The van der Waals surface area contributed by atoms with Crippen LogP contribution in [-0.2, 0) is 15.1 Å². The number of carbonyl (C=O) groups is 2. The van der Waals surface area contributed by atoms with Crippen LogP contribution in [0.2, 0.25) is 0 Å². The van der Waals surface area contributed by atoms with Gasteiger partial charge in [0.1, 0.15) is 11.6 Å². The van der Waals surface area contributed by atoms with Crippen molar-refractivity contribution in [1.29, 1.82) is 0 Å². The van der Waals surface area contributed by atoms with Crippen LogP contribution in [0.25, 0.3) is 5.57 Å². The van der Waals surface area contributed by atoms with Gasteiger partial charge in [-0.1, -0.05) is 30.3 Å². The van der Waals surface area contributed by atoms with Crippen molar-refractivity contribution in [3.05, 3.63) is 77.4 Å². The van der Waals surface area contributed by atoms with Gasteiger partial charge in [-0.15, -0.1) is 0 Å². The molecule has 1 atom stereocenters. The van der Waals surface area contributed by atoms with E-state index in [4.69, 9.17) is 4.74 Å². The van der Waals surface area contributed by atoms with Crippen molar-refractivity contribution in [3.63, 3.8) is 0 Å². The molecule has 2 aromatic rings. The van der Waals surface area contributed by atoms with Gasteiger partial charge in [0, 0.05) is 32.6 Å². The van der Waals surface area contributed by atoms with Crippen LogP contribution in [0.1, 0.15) is 24.0 Å². The van der Waals surface area contributed by atoms with E-state index in [2.05, 4.69) is 0 Å². The highest BCUT2D eigenvalue weighted by molar-refractivity contribution is 5.83. The molecule has 30 heavy (non-hydrogen) atoms. The second-order valence-electron chi connectivity index (χ2n) is 7.42. The molecule has 1 aliphatic rings. The molecule has 0 spiro atoms. The second kappa shape index (κ2) is 8.65. The van der Waals surface area contributed by atoms with E-state index in [9.17, 15) is 18.4 Å². The molecule has 0 N–H and O–H groups in total. The first-order valence-electron chi connectivity index (χ1n) is 9.57. The second-order valence-corrected chi connectivity index (χ2v) is 7.42. The molecular weight excluding hydrogens is 390 g/mol. The number of hydrogen-bond donors (Lipinski definition) is 0. The number of carbonyl (C=O) groups excluding carboxylic acids is 2. The third-order valence-electron chi connectivity index (χ3n) is 5.32. The first kappa shape index (κ1) is 21.5. The maximum absolute atomic E-state index is 14.5. The van der Waals surface area contributed by atoms with E-state index in [-0.39, 0.29) is 31.0 Å². The van der Waals surface area contributed by atoms with Crippen molar-refractivity contribution in [2.45, 2.75) is 18.4 Å². The van der Waals surface area contributed by atoms with E-state index in [1.54, 1.807) is 25.1 Å². The molecule has 2 aromatic carbocycles. The van der Waals surface area contributed by atoms with E-state index in [1.807, 2.05) is 30.3 Å². The SMILES string of the molecule is COC(=O)CC[C@]1(c2ccccc2)C=C(c2cc(F)ccc2F)CN1C(=O)N(C)C. The molecule has 3 rings (SSSR count). The largest absolute Gasteiger partial charge is 0.469 e. The fourth-order valence-electron chi connectivity index (χ4n) is 3.82. The van der Waals surface area contributed by atoms with Crippen LogP contribution in [-0.4, -0.2) is 49.6 Å². The van der Waals surface area contributed by atoms with Crippen LogP contribution in [0, 0.1) is 11.6 Å². The van der Waals surface area contributed by atoms with E-state index >= 15 is 0 Å².